The highest BCUT2D eigenvalue weighted by molar-refractivity contribution is 5.94. The van der Waals surface area contributed by atoms with Gasteiger partial charge in [0.15, 0.2) is 0 Å². The van der Waals surface area contributed by atoms with Gasteiger partial charge >= 0.3 is 5.97 Å². The van der Waals surface area contributed by atoms with Gasteiger partial charge in [-0.2, -0.15) is 0 Å². The van der Waals surface area contributed by atoms with Crippen LogP contribution in [-0.4, -0.2) is 64.6 Å². The molecular weight excluding hydrogens is 490 g/mol. The van der Waals surface area contributed by atoms with E-state index in [1.807, 2.05) is 30.3 Å². The number of carbonyl (C=O) groups is 4. The molecule has 0 heterocycles. The van der Waals surface area contributed by atoms with Gasteiger partial charge in [-0.25, -0.2) is 0 Å². The van der Waals surface area contributed by atoms with Gasteiger partial charge in [0, 0.05) is 6.42 Å². The van der Waals surface area contributed by atoms with Gasteiger partial charge in [-0.3, -0.25) is 19.2 Å². The van der Waals surface area contributed by atoms with E-state index >= 15 is 0 Å². The smallest absolute Gasteiger partial charge is 0.325 e. The molecule has 2 aromatic rings. The van der Waals surface area contributed by atoms with Gasteiger partial charge in [-0.1, -0.05) is 42.5 Å². The summed E-state index contributed by atoms with van der Waals surface area (Å²) >= 11 is 0. The minimum absolute atomic E-state index is 0.0289. The lowest BCUT2D eigenvalue weighted by molar-refractivity contribution is -0.141. The van der Waals surface area contributed by atoms with Crippen LogP contribution < -0.4 is 27.4 Å². The Balaban J connectivity index is 2.17. The molecule has 206 valence electrons. The highest BCUT2D eigenvalue weighted by atomic mass is 16.4. The molecule has 11 heteroatoms. The zero-order valence-electron chi connectivity index (χ0n) is 21.4. The summed E-state index contributed by atoms with van der Waals surface area (Å²) in [6.07, 6.45) is 1.76. The molecule has 0 aliphatic rings. The first-order chi connectivity index (χ1) is 18.1. The third-order valence-electron chi connectivity index (χ3n) is 5.95. The van der Waals surface area contributed by atoms with E-state index in [2.05, 4.69) is 16.0 Å². The molecule has 0 bridgehead atoms. The topological polar surface area (TPSA) is 197 Å². The van der Waals surface area contributed by atoms with Gasteiger partial charge in [0.05, 0.1) is 6.04 Å². The second-order valence-electron chi connectivity index (χ2n) is 9.14. The van der Waals surface area contributed by atoms with Crippen LogP contribution in [0.5, 0.6) is 5.75 Å². The van der Waals surface area contributed by atoms with Crippen molar-refractivity contribution in [3.8, 4) is 5.75 Å². The molecule has 0 aliphatic heterocycles. The lowest BCUT2D eigenvalue weighted by atomic mass is 10.0. The summed E-state index contributed by atoms with van der Waals surface area (Å²) in [5, 5.41) is 26.4. The minimum Gasteiger partial charge on any atom is -0.508 e. The van der Waals surface area contributed by atoms with E-state index < -0.39 is 47.9 Å². The van der Waals surface area contributed by atoms with E-state index in [0.29, 0.717) is 24.9 Å². The van der Waals surface area contributed by atoms with Gasteiger partial charge in [0.1, 0.15) is 23.9 Å². The maximum absolute atomic E-state index is 13.3. The van der Waals surface area contributed by atoms with Gasteiger partial charge < -0.3 is 37.6 Å². The van der Waals surface area contributed by atoms with Crippen molar-refractivity contribution < 1.29 is 29.4 Å². The lowest BCUT2D eigenvalue weighted by Crippen LogP contribution is -2.57. The molecule has 0 saturated heterocycles. The van der Waals surface area contributed by atoms with E-state index in [-0.39, 0.29) is 25.0 Å². The van der Waals surface area contributed by atoms with Crippen molar-refractivity contribution in [2.75, 3.05) is 6.54 Å². The molecule has 38 heavy (non-hydrogen) atoms. The van der Waals surface area contributed by atoms with Gasteiger partial charge in [-0.05, 0) is 62.4 Å². The largest absolute Gasteiger partial charge is 0.508 e. The quantitative estimate of drug-likeness (QED) is 0.159. The Morgan fingerprint density at radius 3 is 1.97 bits per heavy atom. The Hall–Kier alpha value is -3.96. The normalized spacial score (nSPS) is 14.0. The number of rotatable bonds is 15. The van der Waals surface area contributed by atoms with E-state index in [1.54, 1.807) is 12.1 Å². The number of benzene rings is 2. The van der Waals surface area contributed by atoms with Crippen LogP contribution in [0.1, 0.15) is 37.3 Å². The SMILES string of the molecule is C[C@H](NC(=O)[C@H](Cc1ccc(O)cc1)NC(=O)[C@@H](CCCCN)NC(=O)[C@H](N)Cc1ccccc1)C(=O)O. The summed E-state index contributed by atoms with van der Waals surface area (Å²) in [4.78, 5) is 50.3. The number of nitrogens with one attached hydrogen (secondary N) is 3. The highest BCUT2D eigenvalue weighted by Crippen LogP contribution is 2.12. The fourth-order valence-corrected chi connectivity index (χ4v) is 3.73. The predicted molar refractivity (Wildman–Crippen MR) is 142 cm³/mol. The second-order valence-corrected chi connectivity index (χ2v) is 9.14. The molecule has 0 saturated carbocycles. The standard InChI is InChI=1S/C27H37N5O6/c1-17(27(37)38)30-26(36)23(16-19-10-12-20(33)13-11-19)32-25(35)22(9-5-6-14-28)31-24(34)21(29)15-18-7-3-2-4-8-18/h2-4,7-8,10-13,17,21-23,33H,5-6,9,14-16,28-29H2,1H3,(H,30,36)(H,31,34)(H,32,35)(H,37,38)/t17-,21+,22+,23-/m0/s1. The zero-order chi connectivity index (χ0) is 28.1. The van der Waals surface area contributed by atoms with Crippen molar-refractivity contribution in [2.45, 2.75) is 63.2 Å². The summed E-state index contributed by atoms with van der Waals surface area (Å²) in [6.45, 7) is 1.72. The van der Waals surface area contributed by atoms with Crippen molar-refractivity contribution in [1.29, 1.82) is 0 Å². The van der Waals surface area contributed by atoms with Crippen LogP contribution in [0.25, 0.3) is 0 Å². The number of hydrogen-bond donors (Lipinski definition) is 7. The number of carbonyl (C=O) groups excluding carboxylic acids is 3. The summed E-state index contributed by atoms with van der Waals surface area (Å²) in [6, 6.07) is 11.1. The lowest BCUT2D eigenvalue weighted by Gasteiger charge is -2.25. The van der Waals surface area contributed by atoms with Crippen LogP contribution in [0, 0.1) is 0 Å². The molecule has 4 atom stereocenters. The number of aliphatic carboxylic acids is 1. The number of amides is 3. The van der Waals surface area contributed by atoms with Crippen LogP contribution in [0.4, 0.5) is 0 Å². The van der Waals surface area contributed by atoms with Crippen molar-refractivity contribution in [2.24, 2.45) is 11.5 Å². The fourth-order valence-electron chi connectivity index (χ4n) is 3.73. The van der Waals surface area contributed by atoms with Crippen LogP contribution in [0.3, 0.4) is 0 Å². The highest BCUT2D eigenvalue weighted by Gasteiger charge is 2.29. The molecule has 2 aromatic carbocycles. The number of unbranched alkanes of at least 4 members (excludes halogenated alkanes) is 1. The molecule has 0 radical (unpaired) electrons. The number of aromatic hydroxyl groups is 1. The Bertz CT molecular complexity index is 1060. The van der Waals surface area contributed by atoms with Crippen molar-refractivity contribution in [1.82, 2.24) is 16.0 Å². The molecular formula is C27H37N5O6. The summed E-state index contributed by atoms with van der Waals surface area (Å²) < 4.78 is 0. The minimum atomic E-state index is -1.23. The van der Waals surface area contributed by atoms with E-state index in [9.17, 15) is 29.4 Å². The Labute approximate surface area is 222 Å². The fraction of sp³-hybridized carbons (Fsp3) is 0.407. The number of nitrogens with two attached hydrogens (primary N) is 2. The van der Waals surface area contributed by atoms with Crippen molar-refractivity contribution in [3.05, 3.63) is 65.7 Å². The van der Waals surface area contributed by atoms with Crippen LogP contribution in [-0.2, 0) is 32.0 Å². The summed E-state index contributed by atoms with van der Waals surface area (Å²) in [5.74, 6) is -3.01. The Kier molecular flexibility index (Phi) is 12.2. The van der Waals surface area contributed by atoms with E-state index in [1.165, 1.54) is 19.1 Å². The Morgan fingerprint density at radius 1 is 0.789 bits per heavy atom. The van der Waals surface area contributed by atoms with Crippen molar-refractivity contribution in [3.63, 3.8) is 0 Å². The molecule has 0 fully saturated rings. The first-order valence-electron chi connectivity index (χ1n) is 12.5. The van der Waals surface area contributed by atoms with E-state index in [0.717, 1.165) is 5.56 Å². The first-order valence-corrected chi connectivity index (χ1v) is 12.5. The third kappa shape index (κ3) is 10.2. The number of hydrogen-bond acceptors (Lipinski definition) is 7. The van der Waals surface area contributed by atoms with Crippen LogP contribution >= 0.6 is 0 Å². The third-order valence-corrected chi connectivity index (χ3v) is 5.95. The number of phenols is 1. The number of carboxylic acid groups (broad SMARTS) is 1. The average Bonchev–Trinajstić information content (AvgIpc) is 2.89. The molecule has 3 amide bonds. The maximum Gasteiger partial charge on any atom is 0.325 e. The first kappa shape index (κ1) is 30.3. The Morgan fingerprint density at radius 2 is 1.37 bits per heavy atom. The van der Waals surface area contributed by atoms with Gasteiger partial charge in [0.25, 0.3) is 0 Å². The second kappa shape index (κ2) is 15.3. The van der Waals surface area contributed by atoms with Gasteiger partial charge in [-0.15, -0.1) is 0 Å². The van der Waals surface area contributed by atoms with Crippen LogP contribution in [0.15, 0.2) is 54.6 Å². The number of carboxylic acids is 1. The zero-order valence-corrected chi connectivity index (χ0v) is 21.4. The predicted octanol–water partition coefficient (Wildman–Crippen LogP) is 0.193. The molecule has 0 unspecified atom stereocenters. The number of phenolic OH excluding ortho intramolecular Hbond substituents is 1. The molecule has 9 N–H and O–H groups in total. The maximum atomic E-state index is 13.3. The molecule has 2 rings (SSSR count). The monoisotopic (exact) mass is 527 g/mol. The average molecular weight is 528 g/mol. The molecule has 0 aliphatic carbocycles. The summed E-state index contributed by atoms with van der Waals surface area (Å²) in [7, 11) is 0. The van der Waals surface area contributed by atoms with E-state index in [4.69, 9.17) is 11.5 Å². The van der Waals surface area contributed by atoms with Gasteiger partial charge in [0.2, 0.25) is 17.7 Å². The molecule has 0 spiro atoms. The summed E-state index contributed by atoms with van der Waals surface area (Å²) in [5.41, 5.74) is 13.2. The molecule has 0 aromatic heterocycles. The van der Waals surface area contributed by atoms with Crippen molar-refractivity contribution >= 4 is 23.7 Å². The molecule has 11 nitrogen and oxygen atoms in total. The van der Waals surface area contributed by atoms with Crippen LogP contribution in [0.2, 0.25) is 0 Å².